The van der Waals surface area contributed by atoms with Crippen molar-refractivity contribution in [3.8, 4) is 11.1 Å². The first-order chi connectivity index (χ1) is 23.9. The van der Waals surface area contributed by atoms with Crippen molar-refractivity contribution in [2.24, 2.45) is 5.92 Å². The first-order valence-corrected chi connectivity index (χ1v) is 19.4. The number of amides is 4. The molecule has 270 valence electrons. The van der Waals surface area contributed by atoms with Gasteiger partial charge in [-0.1, -0.05) is 79.6 Å². The summed E-state index contributed by atoms with van der Waals surface area (Å²) < 4.78 is 33.2. The molecule has 11 nitrogen and oxygen atoms in total. The van der Waals surface area contributed by atoms with Crippen molar-refractivity contribution in [1.29, 1.82) is 0 Å². The molecule has 1 heterocycles. The van der Waals surface area contributed by atoms with Crippen LogP contribution < -0.4 is 15.4 Å². The van der Waals surface area contributed by atoms with Gasteiger partial charge >= 0.3 is 6.09 Å². The van der Waals surface area contributed by atoms with Gasteiger partial charge in [0.1, 0.15) is 17.6 Å². The van der Waals surface area contributed by atoms with Gasteiger partial charge in [0.05, 0.1) is 11.4 Å². The zero-order chi connectivity index (χ0) is 35.9. The number of carbonyl (C=O) groups excluding carboxylic acids is 4. The fourth-order valence-electron chi connectivity index (χ4n) is 6.62. The van der Waals surface area contributed by atoms with Crippen LogP contribution in [-0.2, 0) is 35.6 Å². The van der Waals surface area contributed by atoms with Crippen molar-refractivity contribution in [2.45, 2.75) is 114 Å². The molecule has 2 aromatic carbocycles. The molecule has 5 rings (SSSR count). The van der Waals surface area contributed by atoms with Gasteiger partial charge < -0.3 is 20.3 Å². The fourth-order valence-corrected chi connectivity index (χ4v) is 7.98. The van der Waals surface area contributed by atoms with Gasteiger partial charge in [-0.15, -0.1) is 0 Å². The average molecular weight is 707 g/mol. The Balaban J connectivity index is 1.44. The second kappa shape index (κ2) is 16.2. The van der Waals surface area contributed by atoms with Gasteiger partial charge in [0.2, 0.25) is 21.8 Å². The summed E-state index contributed by atoms with van der Waals surface area (Å²) >= 11 is 0. The van der Waals surface area contributed by atoms with Gasteiger partial charge in [0.15, 0.2) is 0 Å². The lowest BCUT2D eigenvalue weighted by molar-refractivity contribution is -0.143. The zero-order valence-electron chi connectivity index (χ0n) is 29.2. The highest BCUT2D eigenvalue weighted by Crippen LogP contribution is 2.46. The third-order valence-corrected chi connectivity index (χ3v) is 11.5. The maximum Gasteiger partial charge on any atom is 0.408 e. The summed E-state index contributed by atoms with van der Waals surface area (Å²) in [4.78, 5) is 56.5. The Hall–Kier alpha value is -4.19. The van der Waals surface area contributed by atoms with E-state index < -0.39 is 56.7 Å². The molecule has 4 amide bonds. The second-order valence-electron chi connectivity index (χ2n) is 13.9. The third kappa shape index (κ3) is 9.32. The molecule has 2 fully saturated rings. The normalized spacial score (nSPS) is 25.4. The maximum atomic E-state index is 14.4. The number of aryl methyl sites for hydroxylation is 1. The topological polar surface area (TPSA) is 151 Å². The molecule has 2 aromatic rings. The van der Waals surface area contributed by atoms with E-state index in [0.29, 0.717) is 32.1 Å². The summed E-state index contributed by atoms with van der Waals surface area (Å²) in [6.45, 7) is 5.39. The zero-order valence-corrected chi connectivity index (χ0v) is 30.0. The Morgan fingerprint density at radius 3 is 2.34 bits per heavy atom. The number of ether oxygens (including phenoxy) is 1. The number of benzene rings is 2. The van der Waals surface area contributed by atoms with E-state index in [-0.39, 0.29) is 31.4 Å². The van der Waals surface area contributed by atoms with E-state index in [9.17, 15) is 27.6 Å². The molecule has 1 aliphatic heterocycles. The van der Waals surface area contributed by atoms with Crippen LogP contribution in [0.5, 0.6) is 0 Å². The van der Waals surface area contributed by atoms with E-state index in [1.807, 2.05) is 66.7 Å². The summed E-state index contributed by atoms with van der Waals surface area (Å²) in [6.07, 6.45) is 8.07. The number of rotatable bonds is 10. The number of fused-ring (bicyclic) bond motifs is 1. The molecule has 0 unspecified atom stereocenters. The van der Waals surface area contributed by atoms with Crippen molar-refractivity contribution in [3.05, 3.63) is 72.3 Å². The smallest absolute Gasteiger partial charge is 0.408 e. The van der Waals surface area contributed by atoms with E-state index in [4.69, 9.17) is 4.74 Å². The molecule has 0 saturated heterocycles. The predicted octanol–water partition coefficient (Wildman–Crippen LogP) is 5.01. The van der Waals surface area contributed by atoms with Crippen LogP contribution in [0.25, 0.3) is 11.1 Å². The second-order valence-corrected chi connectivity index (χ2v) is 15.9. The number of hydrogen-bond acceptors (Lipinski definition) is 7. The number of sulfonamides is 1. The number of nitrogens with zero attached hydrogens (tertiary/aromatic N) is 1. The molecule has 12 heteroatoms. The number of carbonyl (C=O) groups is 4. The highest BCUT2D eigenvalue weighted by Gasteiger charge is 2.61. The van der Waals surface area contributed by atoms with E-state index >= 15 is 0 Å². The van der Waals surface area contributed by atoms with Gasteiger partial charge in [0, 0.05) is 12.5 Å². The molecule has 0 bridgehead atoms. The summed E-state index contributed by atoms with van der Waals surface area (Å²) in [5.41, 5.74) is 1.64. The molecule has 0 aromatic heterocycles. The van der Waals surface area contributed by atoms with Crippen LogP contribution in [0.2, 0.25) is 0 Å². The Labute approximate surface area is 295 Å². The molecule has 0 spiro atoms. The monoisotopic (exact) mass is 706 g/mol. The molecular formula is C38H50N4O7S. The molecule has 3 aliphatic rings. The van der Waals surface area contributed by atoms with Crippen LogP contribution in [0, 0.1) is 5.92 Å². The SMILES string of the molecule is CCN1C(=O)[C@@H](NC(=O)OC(C)C)CCCCC/C=C\[C@@H]2C[C@@]2(C(=O)NS(=O)(=O)C2CC2)NC(=O)[C@@H]1CCc1ccc(-c2ccccc2)cc1. The lowest BCUT2D eigenvalue weighted by Gasteiger charge is -2.34. The van der Waals surface area contributed by atoms with Crippen LogP contribution in [0.3, 0.4) is 0 Å². The van der Waals surface area contributed by atoms with E-state index in [2.05, 4.69) is 15.4 Å². The average Bonchev–Trinajstić information content (AvgIpc) is 4.02. The van der Waals surface area contributed by atoms with Crippen molar-refractivity contribution in [3.63, 3.8) is 0 Å². The molecule has 2 aliphatic carbocycles. The molecule has 50 heavy (non-hydrogen) atoms. The lowest BCUT2D eigenvalue weighted by atomic mass is 9.98. The lowest BCUT2D eigenvalue weighted by Crippen LogP contribution is -2.60. The predicted molar refractivity (Wildman–Crippen MR) is 191 cm³/mol. The van der Waals surface area contributed by atoms with E-state index in [0.717, 1.165) is 36.0 Å². The van der Waals surface area contributed by atoms with Crippen LogP contribution in [0.4, 0.5) is 4.79 Å². The Kier molecular flexibility index (Phi) is 12.0. The summed E-state index contributed by atoms with van der Waals surface area (Å²) in [5, 5.41) is 5.07. The number of hydrogen-bond donors (Lipinski definition) is 3. The van der Waals surface area contributed by atoms with Crippen LogP contribution >= 0.6 is 0 Å². The number of allylic oxidation sites excluding steroid dienone is 1. The van der Waals surface area contributed by atoms with Crippen LogP contribution in [0.15, 0.2) is 66.7 Å². The van der Waals surface area contributed by atoms with E-state index in [1.54, 1.807) is 20.8 Å². The fraction of sp³-hybridized carbons (Fsp3) is 0.526. The standard InChI is InChI=1S/C38H50N4O7S/c1-4-42-33(24-19-27-17-20-29(21-18-27)28-13-9-8-10-14-28)34(43)40-38(36(45)41-50(47,48)31-22-23-31)25-30(38)15-11-6-5-7-12-16-32(35(42)44)39-37(46)49-26(2)3/h8-11,13-15,17-18,20-21,26,30-33H,4-7,12,16,19,22-25H2,1-3H3,(H,39,46)(H,40,43)(H,41,45)/b15-11-/t30-,32+,33+,38-/m1/s1. The molecule has 3 N–H and O–H groups in total. The molecular weight excluding hydrogens is 657 g/mol. The molecule has 0 radical (unpaired) electrons. The van der Waals surface area contributed by atoms with Crippen LogP contribution in [-0.4, -0.2) is 72.7 Å². The summed E-state index contributed by atoms with van der Waals surface area (Å²) in [7, 11) is -3.86. The maximum absolute atomic E-state index is 14.4. The van der Waals surface area contributed by atoms with Crippen molar-refractivity contribution in [1.82, 2.24) is 20.3 Å². The van der Waals surface area contributed by atoms with Crippen LogP contribution in [0.1, 0.15) is 84.1 Å². The van der Waals surface area contributed by atoms with Gasteiger partial charge in [-0.05, 0) is 88.8 Å². The first kappa shape index (κ1) is 37.1. The first-order valence-electron chi connectivity index (χ1n) is 17.9. The van der Waals surface area contributed by atoms with Gasteiger partial charge in [0.25, 0.3) is 5.91 Å². The summed E-state index contributed by atoms with van der Waals surface area (Å²) in [6, 6.07) is 16.1. The number of nitrogens with one attached hydrogen (secondary N) is 3. The minimum atomic E-state index is -3.86. The Bertz CT molecular complexity index is 1660. The van der Waals surface area contributed by atoms with Crippen molar-refractivity contribution >= 4 is 33.8 Å². The van der Waals surface area contributed by atoms with Crippen molar-refractivity contribution in [2.75, 3.05) is 6.54 Å². The highest BCUT2D eigenvalue weighted by molar-refractivity contribution is 7.91. The van der Waals surface area contributed by atoms with Crippen molar-refractivity contribution < 1.29 is 32.3 Å². The Morgan fingerprint density at radius 2 is 1.68 bits per heavy atom. The molecule has 4 atom stereocenters. The van der Waals surface area contributed by atoms with Gasteiger partial charge in [-0.25, -0.2) is 13.2 Å². The van der Waals surface area contributed by atoms with E-state index in [1.165, 1.54) is 4.90 Å². The minimum absolute atomic E-state index is 0.167. The number of alkyl carbamates (subject to hydrolysis) is 1. The number of likely N-dealkylation sites (N-methyl/N-ethyl adjacent to an activating group) is 1. The quantitative estimate of drug-likeness (QED) is 0.294. The minimum Gasteiger partial charge on any atom is -0.447 e. The highest BCUT2D eigenvalue weighted by atomic mass is 32.2. The van der Waals surface area contributed by atoms with Gasteiger partial charge in [-0.2, -0.15) is 0 Å². The van der Waals surface area contributed by atoms with Gasteiger partial charge in [-0.3, -0.25) is 19.1 Å². The largest absolute Gasteiger partial charge is 0.447 e. The Morgan fingerprint density at radius 1 is 0.980 bits per heavy atom. The summed E-state index contributed by atoms with van der Waals surface area (Å²) in [5.74, 6) is -2.10. The molecule has 2 saturated carbocycles. The third-order valence-electron chi connectivity index (χ3n) is 9.70.